The molecule has 110 valence electrons. The molecule has 0 aromatic heterocycles. The van der Waals surface area contributed by atoms with Crippen molar-refractivity contribution in [3.63, 3.8) is 0 Å². The van der Waals surface area contributed by atoms with E-state index >= 15 is 0 Å². The first kappa shape index (κ1) is 16.0. The average Bonchev–Trinajstić information content (AvgIpc) is 2.43. The van der Waals surface area contributed by atoms with Gasteiger partial charge in [0.05, 0.1) is 6.54 Å². The van der Waals surface area contributed by atoms with E-state index in [4.69, 9.17) is 4.74 Å². The molecule has 0 bridgehead atoms. The Hall–Kier alpha value is -2.04. The zero-order valence-corrected chi connectivity index (χ0v) is 11.7. The van der Waals surface area contributed by atoms with Crippen LogP contribution in [0.3, 0.4) is 0 Å². The summed E-state index contributed by atoms with van der Waals surface area (Å²) in [4.78, 5) is 21.4. The van der Waals surface area contributed by atoms with Crippen molar-refractivity contribution in [3.05, 3.63) is 29.8 Å². The molecule has 0 fully saturated rings. The van der Waals surface area contributed by atoms with E-state index in [1.807, 2.05) is 24.3 Å². The van der Waals surface area contributed by atoms with Gasteiger partial charge in [0.2, 0.25) is 5.91 Å². The molecule has 0 aliphatic carbocycles. The largest absolute Gasteiger partial charge is 0.550 e. The average molecular weight is 278 g/mol. The van der Waals surface area contributed by atoms with Crippen molar-refractivity contribution in [2.75, 3.05) is 13.2 Å². The highest BCUT2D eigenvalue weighted by Crippen LogP contribution is 2.12. The lowest BCUT2D eigenvalue weighted by atomic mass is 10.1. The maximum Gasteiger partial charge on any atom is 0.220 e. The molecule has 1 aromatic carbocycles. The minimum absolute atomic E-state index is 0.0615. The van der Waals surface area contributed by atoms with Crippen LogP contribution >= 0.6 is 0 Å². The summed E-state index contributed by atoms with van der Waals surface area (Å²) >= 11 is 0. The van der Waals surface area contributed by atoms with Crippen LogP contribution in [0.25, 0.3) is 0 Å². The molecule has 0 unspecified atom stereocenters. The van der Waals surface area contributed by atoms with Gasteiger partial charge in [-0.25, -0.2) is 0 Å². The zero-order chi connectivity index (χ0) is 14.8. The van der Waals surface area contributed by atoms with Gasteiger partial charge in [-0.15, -0.1) is 0 Å². The first-order valence-electron chi connectivity index (χ1n) is 6.80. The molecule has 1 aromatic rings. The van der Waals surface area contributed by atoms with Gasteiger partial charge in [-0.2, -0.15) is 0 Å². The van der Waals surface area contributed by atoms with E-state index in [1.54, 1.807) is 0 Å². The monoisotopic (exact) mass is 278 g/mol. The van der Waals surface area contributed by atoms with Gasteiger partial charge in [-0.05, 0) is 30.5 Å². The number of carboxylic acids is 1. The fourth-order valence-corrected chi connectivity index (χ4v) is 1.70. The Bertz CT molecular complexity index is 428. The van der Waals surface area contributed by atoms with Crippen LogP contribution in [0.5, 0.6) is 5.75 Å². The van der Waals surface area contributed by atoms with Crippen LogP contribution in [-0.2, 0) is 16.0 Å². The Balaban J connectivity index is 2.17. The normalized spacial score (nSPS) is 10.1. The van der Waals surface area contributed by atoms with E-state index in [2.05, 4.69) is 12.2 Å². The molecule has 0 spiro atoms. The van der Waals surface area contributed by atoms with Gasteiger partial charge >= 0.3 is 0 Å². The number of benzene rings is 1. The number of ether oxygens (including phenoxy) is 1. The quantitative estimate of drug-likeness (QED) is 0.673. The van der Waals surface area contributed by atoms with E-state index in [-0.39, 0.29) is 18.7 Å². The molecule has 5 nitrogen and oxygen atoms in total. The number of carboxylic acid groups (broad SMARTS) is 1. The van der Waals surface area contributed by atoms with Crippen molar-refractivity contribution >= 4 is 11.9 Å². The van der Waals surface area contributed by atoms with Crippen LogP contribution in [0.1, 0.15) is 31.7 Å². The molecule has 0 radical (unpaired) electrons. The van der Waals surface area contributed by atoms with Gasteiger partial charge in [-0.1, -0.05) is 25.5 Å². The Morgan fingerprint density at radius 3 is 2.50 bits per heavy atom. The lowest BCUT2D eigenvalue weighted by Gasteiger charge is -2.08. The summed E-state index contributed by atoms with van der Waals surface area (Å²) in [5, 5.41) is 12.8. The summed E-state index contributed by atoms with van der Waals surface area (Å²) in [5.74, 6) is -0.770. The van der Waals surface area contributed by atoms with Crippen molar-refractivity contribution in [3.8, 4) is 5.75 Å². The third-order valence-electron chi connectivity index (χ3n) is 2.71. The molecule has 1 N–H and O–H groups in total. The summed E-state index contributed by atoms with van der Waals surface area (Å²) in [7, 11) is 0. The molecule has 0 saturated heterocycles. The number of hydrogen-bond donors (Lipinski definition) is 1. The molecular weight excluding hydrogens is 258 g/mol. The zero-order valence-electron chi connectivity index (χ0n) is 11.7. The Morgan fingerprint density at radius 2 is 1.90 bits per heavy atom. The molecule has 20 heavy (non-hydrogen) atoms. The minimum Gasteiger partial charge on any atom is -0.550 e. The third kappa shape index (κ3) is 6.78. The highest BCUT2D eigenvalue weighted by atomic mass is 16.5. The van der Waals surface area contributed by atoms with E-state index in [9.17, 15) is 14.7 Å². The SMILES string of the molecule is CCCc1ccc(OCCNC(=O)CCC(=O)[O-])cc1. The van der Waals surface area contributed by atoms with Gasteiger partial charge < -0.3 is 20.0 Å². The number of hydrogen-bond acceptors (Lipinski definition) is 4. The fraction of sp³-hybridized carbons (Fsp3) is 0.467. The highest BCUT2D eigenvalue weighted by molar-refractivity contribution is 5.79. The maximum absolute atomic E-state index is 11.2. The molecule has 0 aliphatic rings. The van der Waals surface area contributed by atoms with E-state index < -0.39 is 5.97 Å². The number of carbonyl (C=O) groups is 2. The lowest BCUT2D eigenvalue weighted by molar-refractivity contribution is -0.305. The second-order valence-electron chi connectivity index (χ2n) is 4.46. The molecule has 0 atom stereocenters. The van der Waals surface area contributed by atoms with Gasteiger partial charge in [0, 0.05) is 12.4 Å². The Kier molecular flexibility index (Phi) is 7.17. The van der Waals surface area contributed by atoms with E-state index in [0.29, 0.717) is 13.2 Å². The van der Waals surface area contributed by atoms with E-state index in [1.165, 1.54) is 5.56 Å². The number of carbonyl (C=O) groups excluding carboxylic acids is 2. The van der Waals surface area contributed by atoms with Crippen LogP contribution in [0.4, 0.5) is 0 Å². The highest BCUT2D eigenvalue weighted by Gasteiger charge is 2.01. The van der Waals surface area contributed by atoms with Crippen molar-refractivity contribution in [1.82, 2.24) is 5.32 Å². The molecule has 5 heteroatoms. The fourth-order valence-electron chi connectivity index (χ4n) is 1.70. The molecule has 0 saturated carbocycles. The van der Waals surface area contributed by atoms with Crippen molar-refractivity contribution in [2.45, 2.75) is 32.6 Å². The number of aryl methyl sites for hydroxylation is 1. The summed E-state index contributed by atoms with van der Waals surface area (Å²) < 4.78 is 5.47. The summed E-state index contributed by atoms with van der Waals surface area (Å²) in [6.45, 7) is 2.83. The topological polar surface area (TPSA) is 78.5 Å². The maximum atomic E-state index is 11.2. The van der Waals surface area contributed by atoms with Gasteiger partial charge in [0.1, 0.15) is 12.4 Å². The summed E-state index contributed by atoms with van der Waals surface area (Å²) in [5.41, 5.74) is 1.27. The third-order valence-corrected chi connectivity index (χ3v) is 2.71. The molecule has 0 aliphatic heterocycles. The second-order valence-corrected chi connectivity index (χ2v) is 4.46. The van der Waals surface area contributed by atoms with Crippen LogP contribution in [0, 0.1) is 0 Å². The number of aliphatic carboxylic acids is 1. The predicted molar refractivity (Wildman–Crippen MR) is 73.2 cm³/mol. The molecular formula is C15H20NO4-. The van der Waals surface area contributed by atoms with Crippen LogP contribution < -0.4 is 15.2 Å². The first-order chi connectivity index (χ1) is 9.61. The molecule has 0 heterocycles. The number of nitrogens with one attached hydrogen (secondary N) is 1. The minimum atomic E-state index is -1.22. The smallest absolute Gasteiger partial charge is 0.220 e. The van der Waals surface area contributed by atoms with Crippen molar-refractivity contribution in [1.29, 1.82) is 0 Å². The van der Waals surface area contributed by atoms with Crippen LogP contribution in [0.2, 0.25) is 0 Å². The summed E-state index contributed by atoms with van der Waals surface area (Å²) in [6.07, 6.45) is 1.84. The lowest BCUT2D eigenvalue weighted by Crippen LogP contribution is -2.30. The second kappa shape index (κ2) is 8.96. The number of rotatable bonds is 9. The molecule has 1 rings (SSSR count). The molecule has 1 amide bonds. The van der Waals surface area contributed by atoms with Gasteiger partial charge in [0.15, 0.2) is 0 Å². The van der Waals surface area contributed by atoms with Crippen LogP contribution in [-0.4, -0.2) is 25.0 Å². The van der Waals surface area contributed by atoms with Crippen molar-refractivity contribution < 1.29 is 19.4 Å². The predicted octanol–water partition coefficient (Wildman–Crippen LogP) is 0.664. The summed E-state index contributed by atoms with van der Waals surface area (Å²) in [6, 6.07) is 7.86. The van der Waals surface area contributed by atoms with E-state index in [0.717, 1.165) is 18.6 Å². The Morgan fingerprint density at radius 1 is 1.20 bits per heavy atom. The van der Waals surface area contributed by atoms with Gasteiger partial charge in [-0.3, -0.25) is 4.79 Å². The van der Waals surface area contributed by atoms with Gasteiger partial charge in [0.25, 0.3) is 0 Å². The first-order valence-corrected chi connectivity index (χ1v) is 6.80. The Labute approximate surface area is 118 Å². The van der Waals surface area contributed by atoms with Crippen molar-refractivity contribution in [2.24, 2.45) is 0 Å². The standard InChI is InChI=1S/C15H21NO4/c1-2-3-12-4-6-13(7-5-12)20-11-10-16-14(17)8-9-15(18)19/h4-7H,2-3,8-11H2,1H3,(H,16,17)(H,18,19)/p-1. The van der Waals surface area contributed by atoms with Crippen LogP contribution in [0.15, 0.2) is 24.3 Å². The number of amides is 1.